The van der Waals surface area contributed by atoms with Gasteiger partial charge in [0.25, 0.3) is 0 Å². The van der Waals surface area contributed by atoms with E-state index in [-0.39, 0.29) is 0 Å². The smallest absolute Gasteiger partial charge is 0.0932 e. The van der Waals surface area contributed by atoms with E-state index in [0.29, 0.717) is 5.92 Å². The summed E-state index contributed by atoms with van der Waals surface area (Å²) >= 11 is 0. The van der Waals surface area contributed by atoms with Gasteiger partial charge in [-0.15, -0.1) is 0 Å². The molecule has 2 unspecified atom stereocenters. The van der Waals surface area contributed by atoms with Gasteiger partial charge >= 0.3 is 0 Å². The normalized spacial score (nSPS) is 36.9. The molecule has 0 saturated heterocycles. The Balaban J connectivity index is 2.19. The van der Waals surface area contributed by atoms with Crippen molar-refractivity contribution in [3.05, 3.63) is 35.4 Å². The van der Waals surface area contributed by atoms with Crippen LogP contribution < -0.4 is 0 Å². The molecule has 0 aliphatic heterocycles. The molecule has 0 radical (unpaired) electrons. The fraction of sp³-hybridized carbons (Fsp3) is 0.455. The zero-order chi connectivity index (χ0) is 8.18. The molecule has 2 atom stereocenters. The molecule has 1 heteroatoms. The van der Waals surface area contributed by atoms with E-state index in [4.69, 9.17) is 0 Å². The van der Waals surface area contributed by atoms with Crippen molar-refractivity contribution in [2.24, 2.45) is 5.92 Å². The van der Waals surface area contributed by atoms with Gasteiger partial charge in [0.15, 0.2) is 0 Å². The lowest BCUT2D eigenvalue weighted by atomic mass is 9.89. The highest BCUT2D eigenvalue weighted by molar-refractivity contribution is 5.40. The summed E-state index contributed by atoms with van der Waals surface area (Å²) < 4.78 is 0. The highest BCUT2D eigenvalue weighted by Crippen LogP contribution is 2.57. The molecular weight excluding hydrogens is 148 g/mol. The number of aryl methyl sites for hydroxylation is 1. The molecule has 62 valence electrons. The Bertz CT molecular complexity index is 330. The Morgan fingerprint density at radius 3 is 3.08 bits per heavy atom. The first-order valence-corrected chi connectivity index (χ1v) is 4.61. The van der Waals surface area contributed by atoms with Gasteiger partial charge in [-0.2, -0.15) is 0 Å². The van der Waals surface area contributed by atoms with Crippen molar-refractivity contribution < 1.29 is 5.11 Å². The largest absolute Gasteiger partial charge is 0.385 e. The molecule has 0 heterocycles. The van der Waals surface area contributed by atoms with Gasteiger partial charge in [0.05, 0.1) is 5.60 Å². The lowest BCUT2D eigenvalue weighted by Crippen LogP contribution is -2.16. The van der Waals surface area contributed by atoms with E-state index in [2.05, 4.69) is 18.2 Å². The second kappa shape index (κ2) is 1.91. The van der Waals surface area contributed by atoms with Crippen LogP contribution in [0.1, 0.15) is 24.0 Å². The summed E-state index contributed by atoms with van der Waals surface area (Å²) in [6, 6.07) is 8.30. The first-order valence-electron chi connectivity index (χ1n) is 4.61. The van der Waals surface area contributed by atoms with Crippen LogP contribution in [-0.2, 0) is 12.0 Å². The molecule has 1 saturated carbocycles. The summed E-state index contributed by atoms with van der Waals surface area (Å²) in [5.41, 5.74) is 2.13. The van der Waals surface area contributed by atoms with Gasteiger partial charge in [0, 0.05) is 0 Å². The molecule has 1 N–H and O–H groups in total. The summed E-state index contributed by atoms with van der Waals surface area (Å²) in [5, 5.41) is 10.1. The van der Waals surface area contributed by atoms with Crippen molar-refractivity contribution in [3.63, 3.8) is 0 Å². The molecule has 0 aromatic heterocycles. The van der Waals surface area contributed by atoms with Gasteiger partial charge in [-0.1, -0.05) is 24.3 Å². The van der Waals surface area contributed by atoms with Crippen LogP contribution in [0.4, 0.5) is 0 Å². The number of aliphatic hydroxyl groups is 1. The molecule has 12 heavy (non-hydrogen) atoms. The molecule has 0 spiro atoms. The number of hydrogen-bond donors (Lipinski definition) is 1. The van der Waals surface area contributed by atoms with Crippen molar-refractivity contribution in [3.8, 4) is 0 Å². The van der Waals surface area contributed by atoms with Gasteiger partial charge < -0.3 is 5.11 Å². The average Bonchev–Trinajstić information content (AvgIpc) is 2.78. The summed E-state index contributed by atoms with van der Waals surface area (Å²) in [4.78, 5) is 0. The van der Waals surface area contributed by atoms with E-state index in [1.165, 1.54) is 17.5 Å². The molecule has 0 bridgehead atoms. The minimum Gasteiger partial charge on any atom is -0.385 e. The average molecular weight is 160 g/mol. The summed E-state index contributed by atoms with van der Waals surface area (Å²) in [6.07, 6.45) is 3.32. The molecule has 3 rings (SSSR count). The molecule has 1 nitrogen and oxygen atoms in total. The summed E-state index contributed by atoms with van der Waals surface area (Å²) in [6.45, 7) is 0. The van der Waals surface area contributed by atoms with E-state index < -0.39 is 5.60 Å². The Morgan fingerprint density at radius 2 is 2.17 bits per heavy atom. The third kappa shape index (κ3) is 0.674. The van der Waals surface area contributed by atoms with E-state index in [9.17, 15) is 5.11 Å². The van der Waals surface area contributed by atoms with Gasteiger partial charge in [0.1, 0.15) is 0 Å². The standard InChI is InChI=1S/C11H12O/c12-11-7-9(11)6-5-8-3-1-2-4-10(8)11/h1-4,9,12H,5-7H2. The summed E-state index contributed by atoms with van der Waals surface area (Å²) in [7, 11) is 0. The molecular formula is C11H12O. The summed E-state index contributed by atoms with van der Waals surface area (Å²) in [5.74, 6) is 0.562. The van der Waals surface area contributed by atoms with Crippen molar-refractivity contribution in [1.82, 2.24) is 0 Å². The van der Waals surface area contributed by atoms with Crippen LogP contribution in [0, 0.1) is 5.92 Å². The number of rotatable bonds is 0. The molecule has 2 aliphatic rings. The molecule has 1 aromatic rings. The highest BCUT2D eigenvalue weighted by Gasteiger charge is 2.56. The molecule has 2 aliphatic carbocycles. The Kier molecular flexibility index (Phi) is 1.06. The van der Waals surface area contributed by atoms with Crippen LogP contribution >= 0.6 is 0 Å². The second-order valence-corrected chi connectivity index (χ2v) is 4.02. The predicted octanol–water partition coefficient (Wildman–Crippen LogP) is 1.84. The van der Waals surface area contributed by atoms with Gasteiger partial charge in [-0.25, -0.2) is 0 Å². The Labute approximate surface area is 72.0 Å². The maximum Gasteiger partial charge on any atom is 0.0932 e. The quantitative estimate of drug-likeness (QED) is 0.614. The fourth-order valence-electron chi connectivity index (χ4n) is 2.48. The van der Waals surface area contributed by atoms with Crippen molar-refractivity contribution in [2.75, 3.05) is 0 Å². The Morgan fingerprint density at radius 1 is 1.33 bits per heavy atom. The third-order valence-corrected chi connectivity index (χ3v) is 3.32. The fourth-order valence-corrected chi connectivity index (χ4v) is 2.48. The van der Waals surface area contributed by atoms with Crippen LogP contribution in [0.15, 0.2) is 24.3 Å². The minimum atomic E-state index is -0.422. The van der Waals surface area contributed by atoms with Crippen LogP contribution in [0.2, 0.25) is 0 Å². The minimum absolute atomic E-state index is 0.422. The van der Waals surface area contributed by atoms with E-state index in [1.807, 2.05) is 6.07 Å². The van der Waals surface area contributed by atoms with Crippen LogP contribution in [-0.4, -0.2) is 5.11 Å². The maximum atomic E-state index is 10.1. The van der Waals surface area contributed by atoms with Gasteiger partial charge in [-0.05, 0) is 36.3 Å². The lowest BCUT2D eigenvalue weighted by molar-refractivity contribution is 0.122. The van der Waals surface area contributed by atoms with Crippen molar-refractivity contribution >= 4 is 0 Å². The first kappa shape index (κ1) is 6.67. The van der Waals surface area contributed by atoms with Crippen molar-refractivity contribution in [1.29, 1.82) is 0 Å². The van der Waals surface area contributed by atoms with E-state index >= 15 is 0 Å². The predicted molar refractivity (Wildman–Crippen MR) is 46.8 cm³/mol. The molecule has 1 fully saturated rings. The van der Waals surface area contributed by atoms with Crippen molar-refractivity contribution in [2.45, 2.75) is 24.9 Å². The monoisotopic (exact) mass is 160 g/mol. The zero-order valence-electron chi connectivity index (χ0n) is 6.96. The number of hydrogen-bond acceptors (Lipinski definition) is 1. The number of benzene rings is 1. The third-order valence-electron chi connectivity index (χ3n) is 3.32. The van der Waals surface area contributed by atoms with E-state index in [0.717, 1.165) is 12.8 Å². The zero-order valence-corrected chi connectivity index (χ0v) is 6.96. The van der Waals surface area contributed by atoms with Crippen LogP contribution in [0.25, 0.3) is 0 Å². The van der Waals surface area contributed by atoms with Crippen LogP contribution in [0.3, 0.4) is 0 Å². The van der Waals surface area contributed by atoms with E-state index in [1.54, 1.807) is 0 Å². The lowest BCUT2D eigenvalue weighted by Gasteiger charge is -2.20. The second-order valence-electron chi connectivity index (χ2n) is 4.02. The molecule has 0 amide bonds. The van der Waals surface area contributed by atoms with Gasteiger partial charge in [-0.3, -0.25) is 0 Å². The SMILES string of the molecule is OC12CC1CCc1ccccc12. The van der Waals surface area contributed by atoms with Gasteiger partial charge in [0.2, 0.25) is 0 Å². The Hall–Kier alpha value is -0.820. The number of fused-ring (bicyclic) bond motifs is 3. The topological polar surface area (TPSA) is 20.2 Å². The first-order chi connectivity index (χ1) is 5.81. The maximum absolute atomic E-state index is 10.1. The molecule has 1 aromatic carbocycles. The highest BCUT2D eigenvalue weighted by atomic mass is 16.3. The van der Waals surface area contributed by atoms with Crippen LogP contribution in [0.5, 0.6) is 0 Å².